The van der Waals surface area contributed by atoms with Crippen molar-refractivity contribution >= 4 is 5.91 Å². The maximum Gasteiger partial charge on any atom is 0.227 e. The molecule has 0 aliphatic carbocycles. The molecule has 146 valence electrons. The monoisotopic (exact) mass is 373 g/mol. The lowest BCUT2D eigenvalue weighted by Crippen LogP contribution is -2.31. The van der Waals surface area contributed by atoms with Gasteiger partial charge in [-0.05, 0) is 42.3 Å². The van der Waals surface area contributed by atoms with E-state index in [2.05, 4.69) is 0 Å². The van der Waals surface area contributed by atoms with Gasteiger partial charge in [-0.1, -0.05) is 12.1 Å². The molecular weight excluding hydrogens is 346 g/mol. The van der Waals surface area contributed by atoms with Crippen LogP contribution in [-0.2, 0) is 17.8 Å². The van der Waals surface area contributed by atoms with Crippen LogP contribution in [0.2, 0.25) is 0 Å². The Bertz CT molecular complexity index is 775. The van der Waals surface area contributed by atoms with E-state index in [0.29, 0.717) is 42.5 Å². The van der Waals surface area contributed by atoms with Gasteiger partial charge in [0.15, 0.2) is 23.0 Å². The first-order valence-corrected chi connectivity index (χ1v) is 8.75. The van der Waals surface area contributed by atoms with E-state index in [1.54, 1.807) is 33.3 Å². The van der Waals surface area contributed by atoms with Gasteiger partial charge in [-0.15, -0.1) is 0 Å². The Labute approximate surface area is 160 Å². The first-order valence-electron chi connectivity index (χ1n) is 8.75. The van der Waals surface area contributed by atoms with E-state index in [9.17, 15) is 4.79 Å². The second-order valence-electron chi connectivity index (χ2n) is 5.96. The van der Waals surface area contributed by atoms with Crippen LogP contribution in [0.1, 0.15) is 18.1 Å². The van der Waals surface area contributed by atoms with Crippen LogP contribution in [0, 0.1) is 0 Å². The normalized spacial score (nSPS) is 10.3. The van der Waals surface area contributed by atoms with E-state index in [1.807, 2.05) is 43.3 Å². The molecule has 2 rings (SSSR count). The van der Waals surface area contributed by atoms with Crippen molar-refractivity contribution in [1.29, 1.82) is 0 Å². The molecule has 0 unspecified atom stereocenters. The van der Waals surface area contributed by atoms with Crippen LogP contribution in [0.4, 0.5) is 0 Å². The third kappa shape index (κ3) is 5.06. The third-order valence-electron chi connectivity index (χ3n) is 4.36. The Kier molecular flexibility index (Phi) is 7.34. The summed E-state index contributed by atoms with van der Waals surface area (Å²) in [6.45, 7) is 3.08. The van der Waals surface area contributed by atoms with Gasteiger partial charge in [0, 0.05) is 13.1 Å². The molecule has 0 aliphatic rings. The van der Waals surface area contributed by atoms with Gasteiger partial charge in [-0.2, -0.15) is 0 Å². The molecule has 27 heavy (non-hydrogen) atoms. The van der Waals surface area contributed by atoms with Crippen molar-refractivity contribution in [2.45, 2.75) is 19.9 Å². The van der Waals surface area contributed by atoms with Gasteiger partial charge in [-0.3, -0.25) is 4.79 Å². The molecule has 0 spiro atoms. The van der Waals surface area contributed by atoms with Crippen molar-refractivity contribution in [3.8, 4) is 23.0 Å². The summed E-state index contributed by atoms with van der Waals surface area (Å²) in [5.74, 6) is 2.62. The van der Waals surface area contributed by atoms with Crippen LogP contribution in [0.15, 0.2) is 36.4 Å². The Morgan fingerprint density at radius 2 is 1.26 bits per heavy atom. The van der Waals surface area contributed by atoms with Crippen molar-refractivity contribution in [3.05, 3.63) is 47.5 Å². The zero-order valence-electron chi connectivity index (χ0n) is 16.6. The molecule has 6 heteroatoms. The molecule has 0 radical (unpaired) electrons. The molecule has 0 atom stereocenters. The first kappa shape index (κ1) is 20.4. The number of benzene rings is 2. The highest BCUT2D eigenvalue weighted by atomic mass is 16.5. The molecule has 0 aliphatic heterocycles. The second kappa shape index (κ2) is 9.71. The van der Waals surface area contributed by atoms with Crippen LogP contribution in [0.5, 0.6) is 23.0 Å². The average Bonchev–Trinajstić information content (AvgIpc) is 2.71. The summed E-state index contributed by atoms with van der Waals surface area (Å²) in [4.78, 5) is 14.6. The van der Waals surface area contributed by atoms with E-state index >= 15 is 0 Å². The number of ether oxygens (including phenoxy) is 4. The summed E-state index contributed by atoms with van der Waals surface area (Å²) in [7, 11) is 6.37. The number of hydrogen-bond acceptors (Lipinski definition) is 5. The number of methoxy groups -OCH3 is 4. The van der Waals surface area contributed by atoms with Crippen LogP contribution >= 0.6 is 0 Å². The molecule has 0 fully saturated rings. The minimum Gasteiger partial charge on any atom is -0.493 e. The highest BCUT2D eigenvalue weighted by Gasteiger charge is 2.15. The number of carbonyl (C=O) groups excluding carboxylic acids is 1. The van der Waals surface area contributed by atoms with Crippen LogP contribution in [0.25, 0.3) is 0 Å². The van der Waals surface area contributed by atoms with Crippen molar-refractivity contribution in [1.82, 2.24) is 4.90 Å². The number of hydrogen-bond donors (Lipinski definition) is 0. The fourth-order valence-corrected chi connectivity index (χ4v) is 2.85. The average molecular weight is 373 g/mol. The van der Waals surface area contributed by atoms with E-state index in [0.717, 1.165) is 11.1 Å². The molecular formula is C21H27NO5. The van der Waals surface area contributed by atoms with E-state index in [-0.39, 0.29) is 5.91 Å². The quantitative estimate of drug-likeness (QED) is 0.675. The molecule has 0 bridgehead atoms. The standard InChI is InChI=1S/C21H27NO5/c1-6-22(14-16-8-10-18(25-3)20(12-16)27-5)21(23)13-15-7-9-17(24-2)19(11-15)26-4/h7-12H,6,13-14H2,1-5H3. The van der Waals surface area contributed by atoms with E-state index in [4.69, 9.17) is 18.9 Å². The fourth-order valence-electron chi connectivity index (χ4n) is 2.85. The number of amides is 1. The molecule has 0 heterocycles. The Morgan fingerprint density at radius 3 is 1.74 bits per heavy atom. The molecule has 0 aromatic heterocycles. The Hall–Kier alpha value is -2.89. The molecule has 2 aromatic rings. The van der Waals surface area contributed by atoms with E-state index < -0.39 is 0 Å². The van der Waals surface area contributed by atoms with Crippen molar-refractivity contribution in [2.75, 3.05) is 35.0 Å². The number of carbonyl (C=O) groups is 1. The predicted molar refractivity (Wildman–Crippen MR) is 104 cm³/mol. The zero-order chi connectivity index (χ0) is 19.8. The molecule has 0 saturated heterocycles. The lowest BCUT2D eigenvalue weighted by molar-refractivity contribution is -0.130. The lowest BCUT2D eigenvalue weighted by atomic mass is 10.1. The maximum absolute atomic E-state index is 12.8. The third-order valence-corrected chi connectivity index (χ3v) is 4.36. The van der Waals surface area contributed by atoms with Crippen LogP contribution in [0.3, 0.4) is 0 Å². The maximum atomic E-state index is 12.8. The Balaban J connectivity index is 2.12. The number of likely N-dealkylation sites (N-methyl/N-ethyl adjacent to an activating group) is 1. The van der Waals surface area contributed by atoms with Gasteiger partial charge in [0.1, 0.15) is 0 Å². The van der Waals surface area contributed by atoms with Gasteiger partial charge in [0.25, 0.3) is 0 Å². The largest absolute Gasteiger partial charge is 0.493 e. The number of nitrogens with zero attached hydrogens (tertiary/aromatic N) is 1. The van der Waals surface area contributed by atoms with Gasteiger partial charge in [-0.25, -0.2) is 0 Å². The Morgan fingerprint density at radius 1 is 0.778 bits per heavy atom. The van der Waals surface area contributed by atoms with Gasteiger partial charge < -0.3 is 23.8 Å². The van der Waals surface area contributed by atoms with Crippen LogP contribution in [-0.4, -0.2) is 45.8 Å². The lowest BCUT2D eigenvalue weighted by Gasteiger charge is -2.22. The van der Waals surface area contributed by atoms with E-state index in [1.165, 1.54) is 0 Å². The summed E-state index contributed by atoms with van der Waals surface area (Å²) in [5, 5.41) is 0. The summed E-state index contributed by atoms with van der Waals surface area (Å²) in [6, 6.07) is 11.2. The predicted octanol–water partition coefficient (Wildman–Crippen LogP) is 3.31. The van der Waals surface area contributed by atoms with Crippen molar-refractivity contribution in [2.24, 2.45) is 0 Å². The van der Waals surface area contributed by atoms with Crippen molar-refractivity contribution in [3.63, 3.8) is 0 Å². The highest BCUT2D eigenvalue weighted by molar-refractivity contribution is 5.79. The van der Waals surface area contributed by atoms with Gasteiger partial charge >= 0.3 is 0 Å². The van der Waals surface area contributed by atoms with Crippen LogP contribution < -0.4 is 18.9 Å². The molecule has 0 saturated carbocycles. The highest BCUT2D eigenvalue weighted by Crippen LogP contribution is 2.29. The first-order chi connectivity index (χ1) is 13.1. The zero-order valence-corrected chi connectivity index (χ0v) is 16.6. The smallest absolute Gasteiger partial charge is 0.227 e. The summed E-state index contributed by atoms with van der Waals surface area (Å²) in [6.07, 6.45) is 0.293. The minimum atomic E-state index is 0.0412. The van der Waals surface area contributed by atoms with Crippen molar-refractivity contribution < 1.29 is 23.7 Å². The molecule has 0 N–H and O–H groups in total. The SMILES string of the molecule is CCN(Cc1ccc(OC)c(OC)c1)C(=O)Cc1ccc(OC)c(OC)c1. The second-order valence-corrected chi connectivity index (χ2v) is 5.96. The van der Waals surface area contributed by atoms with Gasteiger partial charge in [0.05, 0.1) is 34.9 Å². The van der Waals surface area contributed by atoms with Gasteiger partial charge in [0.2, 0.25) is 5.91 Å². The number of rotatable bonds is 9. The summed E-state index contributed by atoms with van der Waals surface area (Å²) < 4.78 is 21.2. The molecule has 1 amide bonds. The summed E-state index contributed by atoms with van der Waals surface area (Å²) in [5.41, 5.74) is 1.86. The molecule has 2 aromatic carbocycles. The minimum absolute atomic E-state index is 0.0412. The fraction of sp³-hybridized carbons (Fsp3) is 0.381. The molecule has 6 nitrogen and oxygen atoms in total. The summed E-state index contributed by atoms with van der Waals surface area (Å²) >= 11 is 0. The topological polar surface area (TPSA) is 57.2 Å².